The summed E-state index contributed by atoms with van der Waals surface area (Å²) in [6.07, 6.45) is 5.29. The highest BCUT2D eigenvalue weighted by Gasteiger charge is 2.18. The van der Waals surface area contributed by atoms with Crippen molar-refractivity contribution in [1.82, 2.24) is 14.4 Å². The summed E-state index contributed by atoms with van der Waals surface area (Å²) in [6.45, 7) is 1.38. The third kappa shape index (κ3) is 4.33. The fraction of sp³-hybridized carbons (Fsp3) is 0.0952. The number of carbonyl (C=O) groups is 1. The molecular weight excluding hydrogens is 418 g/mol. The van der Waals surface area contributed by atoms with Crippen molar-refractivity contribution in [2.24, 2.45) is 0 Å². The molecule has 0 aliphatic heterocycles. The lowest BCUT2D eigenvalue weighted by atomic mass is 10.1. The number of ether oxygens (including phenoxy) is 1. The van der Waals surface area contributed by atoms with Crippen LogP contribution in [0.5, 0.6) is 5.75 Å². The first-order chi connectivity index (χ1) is 14.9. The Labute approximate surface area is 178 Å². The smallest absolute Gasteiger partial charge is 0.262 e. The second-order valence-electron chi connectivity index (χ2n) is 6.68. The van der Waals surface area contributed by atoms with E-state index in [1.807, 2.05) is 12.4 Å². The van der Waals surface area contributed by atoms with Crippen molar-refractivity contribution >= 4 is 33.1 Å². The number of imidazole rings is 1. The van der Waals surface area contributed by atoms with Crippen LogP contribution in [0.25, 0.3) is 17.0 Å². The first-order valence-electron chi connectivity index (χ1n) is 9.24. The van der Waals surface area contributed by atoms with Gasteiger partial charge in [-0.2, -0.15) is 0 Å². The zero-order chi connectivity index (χ0) is 22.0. The Morgan fingerprint density at radius 3 is 2.58 bits per heavy atom. The molecule has 0 saturated heterocycles. The fourth-order valence-electron chi connectivity index (χ4n) is 3.04. The van der Waals surface area contributed by atoms with Crippen LogP contribution < -0.4 is 14.8 Å². The van der Waals surface area contributed by atoms with Crippen molar-refractivity contribution in [1.29, 1.82) is 0 Å². The second kappa shape index (κ2) is 8.07. The fourth-order valence-corrected chi connectivity index (χ4v) is 4.10. The number of rotatable bonds is 6. The Balaban J connectivity index is 1.66. The lowest BCUT2D eigenvalue weighted by Crippen LogP contribution is -2.14. The summed E-state index contributed by atoms with van der Waals surface area (Å²) in [7, 11) is -2.43. The number of nitrogens with zero attached hydrogens (tertiary/aromatic N) is 3. The number of carbonyl (C=O) groups excluding carboxylic acids is 1. The minimum Gasteiger partial charge on any atom is -0.495 e. The van der Waals surface area contributed by atoms with E-state index in [1.54, 1.807) is 34.9 Å². The lowest BCUT2D eigenvalue weighted by molar-refractivity contribution is -0.114. The highest BCUT2D eigenvalue weighted by Crippen LogP contribution is 2.32. The standard InChI is InChI=1S/C21H19N5O4S/c1-14(27)23-16-5-7-17(8-6-16)31(28,29)25-18-12-15(4-9-20(18)30-2)19-13-26-11-3-10-22-21(26)24-19/h3-13,25H,1-2H3,(H,23,27). The SMILES string of the molecule is COc1ccc(-c2cn3cccnc3n2)cc1NS(=O)(=O)c1ccc(NC(C)=O)cc1. The lowest BCUT2D eigenvalue weighted by Gasteiger charge is -2.13. The van der Waals surface area contributed by atoms with Crippen LogP contribution in [0.1, 0.15) is 6.92 Å². The molecule has 4 rings (SSSR count). The van der Waals surface area contributed by atoms with Crippen LogP contribution in [0, 0.1) is 0 Å². The Hall–Kier alpha value is -3.92. The maximum atomic E-state index is 12.9. The highest BCUT2D eigenvalue weighted by molar-refractivity contribution is 7.92. The Morgan fingerprint density at radius 1 is 1.13 bits per heavy atom. The Bertz CT molecular complexity index is 1330. The first kappa shape index (κ1) is 20.4. The van der Waals surface area contributed by atoms with E-state index in [0.717, 1.165) is 0 Å². The minimum absolute atomic E-state index is 0.0472. The molecule has 2 aromatic heterocycles. The van der Waals surface area contributed by atoms with Crippen molar-refractivity contribution in [3.05, 3.63) is 67.1 Å². The molecule has 0 aliphatic rings. The van der Waals surface area contributed by atoms with E-state index in [4.69, 9.17) is 4.74 Å². The predicted octanol–water partition coefficient (Wildman–Crippen LogP) is 3.16. The maximum absolute atomic E-state index is 12.9. The topological polar surface area (TPSA) is 115 Å². The second-order valence-corrected chi connectivity index (χ2v) is 8.36. The summed E-state index contributed by atoms with van der Waals surface area (Å²) in [6, 6.07) is 12.8. The number of amides is 1. The van der Waals surface area contributed by atoms with E-state index >= 15 is 0 Å². The van der Waals surface area contributed by atoms with Crippen molar-refractivity contribution < 1.29 is 17.9 Å². The molecule has 0 radical (unpaired) electrons. The number of hydrogen-bond acceptors (Lipinski definition) is 6. The predicted molar refractivity (Wildman–Crippen MR) is 117 cm³/mol. The van der Waals surface area contributed by atoms with Gasteiger partial charge in [-0.25, -0.2) is 18.4 Å². The van der Waals surface area contributed by atoms with Crippen LogP contribution >= 0.6 is 0 Å². The number of nitrogens with one attached hydrogen (secondary N) is 2. The summed E-state index contributed by atoms with van der Waals surface area (Å²) in [5.41, 5.74) is 2.12. The molecule has 158 valence electrons. The molecule has 1 amide bonds. The number of hydrogen-bond donors (Lipinski definition) is 2. The van der Waals surface area contributed by atoms with Crippen molar-refractivity contribution in [2.75, 3.05) is 17.1 Å². The van der Waals surface area contributed by atoms with Gasteiger partial charge in [-0.3, -0.25) is 13.9 Å². The van der Waals surface area contributed by atoms with Crippen LogP contribution in [0.15, 0.2) is 72.0 Å². The number of anilines is 2. The highest BCUT2D eigenvalue weighted by atomic mass is 32.2. The van der Waals surface area contributed by atoms with E-state index in [1.165, 1.54) is 38.3 Å². The monoisotopic (exact) mass is 437 g/mol. The van der Waals surface area contributed by atoms with Crippen LogP contribution in [-0.4, -0.2) is 35.8 Å². The maximum Gasteiger partial charge on any atom is 0.262 e. The number of benzene rings is 2. The van der Waals surface area contributed by atoms with Gasteiger partial charge in [0.25, 0.3) is 10.0 Å². The molecule has 0 bridgehead atoms. The van der Waals surface area contributed by atoms with Gasteiger partial charge >= 0.3 is 0 Å². The van der Waals surface area contributed by atoms with Gasteiger partial charge < -0.3 is 10.1 Å². The van der Waals surface area contributed by atoms with Gasteiger partial charge in [0.1, 0.15) is 5.75 Å². The van der Waals surface area contributed by atoms with Gasteiger partial charge in [0.2, 0.25) is 11.7 Å². The summed E-state index contributed by atoms with van der Waals surface area (Å²) in [5, 5.41) is 2.60. The van der Waals surface area contributed by atoms with Gasteiger partial charge in [0.15, 0.2) is 0 Å². The summed E-state index contributed by atoms with van der Waals surface area (Å²) >= 11 is 0. The number of fused-ring (bicyclic) bond motifs is 1. The van der Waals surface area contributed by atoms with E-state index in [2.05, 4.69) is 20.0 Å². The summed E-state index contributed by atoms with van der Waals surface area (Å²) in [5.74, 6) is 0.663. The molecule has 0 spiro atoms. The number of methoxy groups -OCH3 is 1. The molecule has 0 fully saturated rings. The number of aromatic nitrogens is 3. The molecule has 4 aromatic rings. The largest absolute Gasteiger partial charge is 0.495 e. The average Bonchev–Trinajstić information content (AvgIpc) is 3.18. The van der Waals surface area contributed by atoms with Crippen LogP contribution in [0.2, 0.25) is 0 Å². The summed E-state index contributed by atoms with van der Waals surface area (Å²) < 4.78 is 35.5. The van der Waals surface area contributed by atoms with Crippen LogP contribution in [0.3, 0.4) is 0 Å². The quantitative estimate of drug-likeness (QED) is 0.479. The summed E-state index contributed by atoms with van der Waals surface area (Å²) in [4.78, 5) is 19.9. The molecule has 2 N–H and O–H groups in total. The Morgan fingerprint density at radius 2 is 1.90 bits per heavy atom. The third-order valence-electron chi connectivity index (χ3n) is 4.46. The van der Waals surface area contributed by atoms with Crippen LogP contribution in [-0.2, 0) is 14.8 Å². The van der Waals surface area contributed by atoms with E-state index in [-0.39, 0.29) is 16.5 Å². The van der Waals surface area contributed by atoms with Crippen molar-refractivity contribution in [3.63, 3.8) is 0 Å². The molecule has 10 heteroatoms. The molecule has 9 nitrogen and oxygen atoms in total. The normalized spacial score (nSPS) is 11.3. The number of sulfonamides is 1. The van der Waals surface area contributed by atoms with Crippen molar-refractivity contribution in [3.8, 4) is 17.0 Å². The zero-order valence-electron chi connectivity index (χ0n) is 16.7. The zero-order valence-corrected chi connectivity index (χ0v) is 17.6. The molecule has 0 saturated carbocycles. The van der Waals surface area contributed by atoms with Crippen molar-refractivity contribution in [2.45, 2.75) is 11.8 Å². The Kier molecular flexibility index (Phi) is 5.30. The van der Waals surface area contributed by atoms with E-state index in [9.17, 15) is 13.2 Å². The van der Waals surface area contributed by atoms with E-state index in [0.29, 0.717) is 28.5 Å². The van der Waals surface area contributed by atoms with E-state index < -0.39 is 10.0 Å². The molecule has 2 heterocycles. The average molecular weight is 437 g/mol. The minimum atomic E-state index is -3.90. The molecule has 31 heavy (non-hydrogen) atoms. The molecule has 2 aromatic carbocycles. The first-order valence-corrected chi connectivity index (χ1v) is 10.7. The molecule has 0 unspecified atom stereocenters. The van der Waals surface area contributed by atoms with Gasteiger partial charge in [-0.15, -0.1) is 0 Å². The van der Waals surface area contributed by atoms with Gasteiger partial charge in [0.05, 0.1) is 23.4 Å². The van der Waals surface area contributed by atoms with Gasteiger partial charge in [0, 0.05) is 36.8 Å². The molecule has 0 atom stereocenters. The van der Waals surface area contributed by atoms with Gasteiger partial charge in [-0.05, 0) is 48.5 Å². The molecule has 0 aliphatic carbocycles. The van der Waals surface area contributed by atoms with Gasteiger partial charge in [-0.1, -0.05) is 0 Å². The third-order valence-corrected chi connectivity index (χ3v) is 5.84. The molecular formula is C21H19N5O4S. The van der Waals surface area contributed by atoms with Crippen LogP contribution in [0.4, 0.5) is 11.4 Å².